The molecule has 0 saturated carbocycles. The fraction of sp³-hybridized carbons (Fsp3) is 0.750. The zero-order valence-electron chi connectivity index (χ0n) is 10.4. The van der Waals surface area contributed by atoms with Gasteiger partial charge in [0, 0.05) is 24.5 Å². The van der Waals surface area contributed by atoms with Crippen LogP contribution in [0.25, 0.3) is 0 Å². The molecule has 0 radical (unpaired) electrons. The van der Waals surface area contributed by atoms with Crippen molar-refractivity contribution in [3.05, 3.63) is 16.1 Å². The van der Waals surface area contributed by atoms with Gasteiger partial charge in [-0.2, -0.15) is 0 Å². The third-order valence-electron chi connectivity index (χ3n) is 3.47. The summed E-state index contributed by atoms with van der Waals surface area (Å²) in [6, 6.07) is 0.673. The molecule has 1 aromatic heterocycles. The Balaban J connectivity index is 1.94. The molecule has 4 heteroatoms. The summed E-state index contributed by atoms with van der Waals surface area (Å²) in [5, 5.41) is 6.83. The standard InChI is InChI=1S/C12H21N3S/c1-4-10-5-13-6-12(10)15(3)7-11-8-16-9(2)14-11/h8,10,12-13H,4-7H2,1-3H3. The lowest BCUT2D eigenvalue weighted by molar-refractivity contribution is 0.199. The first-order valence-corrected chi connectivity index (χ1v) is 6.90. The van der Waals surface area contributed by atoms with Crippen molar-refractivity contribution in [2.24, 2.45) is 5.92 Å². The molecule has 1 fully saturated rings. The minimum Gasteiger partial charge on any atom is -0.315 e. The van der Waals surface area contributed by atoms with E-state index in [1.807, 2.05) is 0 Å². The molecule has 90 valence electrons. The van der Waals surface area contributed by atoms with Gasteiger partial charge < -0.3 is 5.32 Å². The molecule has 1 aliphatic rings. The van der Waals surface area contributed by atoms with E-state index in [0.717, 1.165) is 19.0 Å². The lowest BCUT2D eigenvalue weighted by Gasteiger charge is -2.27. The van der Waals surface area contributed by atoms with E-state index in [1.165, 1.54) is 23.7 Å². The lowest BCUT2D eigenvalue weighted by Crippen LogP contribution is -2.37. The molecule has 0 amide bonds. The molecule has 2 rings (SSSR count). The second kappa shape index (κ2) is 5.25. The van der Waals surface area contributed by atoms with Gasteiger partial charge in [-0.25, -0.2) is 4.98 Å². The maximum Gasteiger partial charge on any atom is 0.0897 e. The Morgan fingerprint density at radius 3 is 3.00 bits per heavy atom. The van der Waals surface area contributed by atoms with Crippen molar-refractivity contribution in [1.29, 1.82) is 0 Å². The van der Waals surface area contributed by atoms with Crippen molar-refractivity contribution < 1.29 is 0 Å². The number of thiazole rings is 1. The number of hydrogen-bond donors (Lipinski definition) is 1. The van der Waals surface area contributed by atoms with Gasteiger partial charge in [0.2, 0.25) is 0 Å². The molecule has 2 heterocycles. The van der Waals surface area contributed by atoms with Crippen LogP contribution in [0.15, 0.2) is 5.38 Å². The summed E-state index contributed by atoms with van der Waals surface area (Å²) in [6.45, 7) is 7.62. The summed E-state index contributed by atoms with van der Waals surface area (Å²) in [7, 11) is 2.22. The number of rotatable bonds is 4. The van der Waals surface area contributed by atoms with Gasteiger partial charge in [0.1, 0.15) is 0 Å². The third kappa shape index (κ3) is 2.62. The highest BCUT2D eigenvalue weighted by atomic mass is 32.1. The predicted molar refractivity (Wildman–Crippen MR) is 68.8 cm³/mol. The lowest BCUT2D eigenvalue weighted by atomic mass is 10.00. The Labute approximate surface area is 102 Å². The highest BCUT2D eigenvalue weighted by Crippen LogP contribution is 2.20. The van der Waals surface area contributed by atoms with E-state index in [9.17, 15) is 0 Å². The van der Waals surface area contributed by atoms with Gasteiger partial charge in [-0.05, 0) is 26.4 Å². The SMILES string of the molecule is CCC1CNCC1N(C)Cc1csc(C)n1. The zero-order valence-corrected chi connectivity index (χ0v) is 11.2. The van der Waals surface area contributed by atoms with Crippen molar-refractivity contribution in [3.63, 3.8) is 0 Å². The van der Waals surface area contributed by atoms with Crippen LogP contribution < -0.4 is 5.32 Å². The largest absolute Gasteiger partial charge is 0.315 e. The van der Waals surface area contributed by atoms with Crippen molar-refractivity contribution in [1.82, 2.24) is 15.2 Å². The molecule has 0 bridgehead atoms. The Hall–Kier alpha value is -0.450. The van der Waals surface area contributed by atoms with E-state index < -0.39 is 0 Å². The topological polar surface area (TPSA) is 28.2 Å². The number of aryl methyl sites for hydroxylation is 1. The van der Waals surface area contributed by atoms with Gasteiger partial charge in [0.25, 0.3) is 0 Å². The minimum atomic E-state index is 0.673. The van der Waals surface area contributed by atoms with E-state index in [-0.39, 0.29) is 0 Å². The van der Waals surface area contributed by atoms with Crippen LogP contribution in [0.5, 0.6) is 0 Å². The molecule has 1 saturated heterocycles. The summed E-state index contributed by atoms with van der Waals surface area (Å²) in [5.74, 6) is 0.796. The molecule has 1 N–H and O–H groups in total. The molecule has 2 atom stereocenters. The smallest absolute Gasteiger partial charge is 0.0897 e. The number of hydrogen-bond acceptors (Lipinski definition) is 4. The zero-order chi connectivity index (χ0) is 11.5. The summed E-state index contributed by atoms with van der Waals surface area (Å²) < 4.78 is 0. The van der Waals surface area contributed by atoms with Crippen LogP contribution >= 0.6 is 11.3 Å². The fourth-order valence-corrected chi connectivity index (χ4v) is 3.11. The van der Waals surface area contributed by atoms with E-state index in [0.29, 0.717) is 6.04 Å². The molecule has 0 aliphatic carbocycles. The second-order valence-electron chi connectivity index (χ2n) is 4.67. The van der Waals surface area contributed by atoms with Crippen LogP contribution in [0, 0.1) is 12.8 Å². The molecule has 2 unspecified atom stereocenters. The Morgan fingerprint density at radius 2 is 2.38 bits per heavy atom. The average molecular weight is 239 g/mol. The summed E-state index contributed by atoms with van der Waals surface area (Å²) in [4.78, 5) is 6.98. The second-order valence-corrected chi connectivity index (χ2v) is 5.73. The molecular formula is C12H21N3S. The maximum atomic E-state index is 4.53. The van der Waals surface area contributed by atoms with Crippen LogP contribution in [-0.2, 0) is 6.54 Å². The summed E-state index contributed by atoms with van der Waals surface area (Å²) in [6.07, 6.45) is 1.26. The van der Waals surface area contributed by atoms with Crippen LogP contribution in [0.3, 0.4) is 0 Å². The van der Waals surface area contributed by atoms with Crippen molar-refractivity contribution in [2.75, 3.05) is 20.1 Å². The van der Waals surface area contributed by atoms with Crippen LogP contribution in [0.1, 0.15) is 24.0 Å². The molecule has 1 aromatic rings. The molecule has 0 aromatic carbocycles. The van der Waals surface area contributed by atoms with Crippen molar-refractivity contribution in [2.45, 2.75) is 32.9 Å². The number of nitrogens with zero attached hydrogens (tertiary/aromatic N) is 2. The first-order chi connectivity index (χ1) is 7.70. The quantitative estimate of drug-likeness (QED) is 0.869. The Morgan fingerprint density at radius 1 is 1.56 bits per heavy atom. The molecular weight excluding hydrogens is 218 g/mol. The number of aromatic nitrogens is 1. The van der Waals surface area contributed by atoms with Crippen molar-refractivity contribution in [3.8, 4) is 0 Å². The minimum absolute atomic E-state index is 0.673. The molecule has 3 nitrogen and oxygen atoms in total. The van der Waals surface area contributed by atoms with Gasteiger partial charge in [-0.3, -0.25) is 4.90 Å². The van der Waals surface area contributed by atoms with Gasteiger partial charge in [0.05, 0.1) is 10.7 Å². The van der Waals surface area contributed by atoms with E-state index >= 15 is 0 Å². The highest BCUT2D eigenvalue weighted by Gasteiger charge is 2.28. The van der Waals surface area contributed by atoms with Crippen LogP contribution in [-0.4, -0.2) is 36.1 Å². The third-order valence-corrected chi connectivity index (χ3v) is 4.29. The average Bonchev–Trinajstić information content (AvgIpc) is 2.86. The molecule has 1 aliphatic heterocycles. The van der Waals surface area contributed by atoms with Crippen molar-refractivity contribution >= 4 is 11.3 Å². The van der Waals surface area contributed by atoms with E-state index in [4.69, 9.17) is 0 Å². The number of likely N-dealkylation sites (N-methyl/N-ethyl adjacent to an activating group) is 1. The highest BCUT2D eigenvalue weighted by molar-refractivity contribution is 7.09. The fourth-order valence-electron chi connectivity index (χ4n) is 2.51. The van der Waals surface area contributed by atoms with Gasteiger partial charge in [-0.15, -0.1) is 11.3 Å². The first-order valence-electron chi connectivity index (χ1n) is 6.02. The van der Waals surface area contributed by atoms with Crippen LogP contribution in [0.2, 0.25) is 0 Å². The van der Waals surface area contributed by atoms with Gasteiger partial charge >= 0.3 is 0 Å². The maximum absolute atomic E-state index is 4.53. The van der Waals surface area contributed by atoms with Gasteiger partial charge in [-0.1, -0.05) is 13.3 Å². The van der Waals surface area contributed by atoms with E-state index in [1.54, 1.807) is 11.3 Å². The Bertz CT molecular complexity index is 337. The molecule has 0 spiro atoms. The monoisotopic (exact) mass is 239 g/mol. The molecule has 16 heavy (non-hydrogen) atoms. The van der Waals surface area contributed by atoms with E-state index in [2.05, 4.69) is 41.5 Å². The normalized spacial score (nSPS) is 25.5. The van der Waals surface area contributed by atoms with Gasteiger partial charge in [0.15, 0.2) is 0 Å². The summed E-state index contributed by atoms with van der Waals surface area (Å²) >= 11 is 1.74. The van der Waals surface area contributed by atoms with Crippen LogP contribution in [0.4, 0.5) is 0 Å². The predicted octanol–water partition coefficient (Wildman–Crippen LogP) is 1.88. The Kier molecular flexibility index (Phi) is 3.95. The first kappa shape index (κ1) is 12.0. The number of nitrogens with one attached hydrogen (secondary N) is 1. The summed E-state index contributed by atoms with van der Waals surface area (Å²) in [5.41, 5.74) is 1.21.